The van der Waals surface area contributed by atoms with E-state index in [-0.39, 0.29) is 17.3 Å². The molecule has 2 N–H and O–H groups in total. The van der Waals surface area contributed by atoms with E-state index < -0.39 is 0 Å². The molecule has 186 valence electrons. The van der Waals surface area contributed by atoms with Crippen molar-refractivity contribution in [2.24, 2.45) is 0 Å². The van der Waals surface area contributed by atoms with Gasteiger partial charge < -0.3 is 15.2 Å². The molecule has 37 heavy (non-hydrogen) atoms. The summed E-state index contributed by atoms with van der Waals surface area (Å²) in [7, 11) is 0. The Morgan fingerprint density at radius 3 is 2.81 bits per heavy atom. The lowest BCUT2D eigenvalue weighted by Gasteiger charge is -2.24. The van der Waals surface area contributed by atoms with Crippen LogP contribution in [0.15, 0.2) is 61.2 Å². The predicted octanol–water partition coefficient (Wildman–Crippen LogP) is 6.27. The average molecular weight is 550 g/mol. The van der Waals surface area contributed by atoms with Crippen molar-refractivity contribution in [3.8, 4) is 0 Å². The molecular formula is C26H21Cl2N7OS. The minimum Gasteiger partial charge on any atom is -0.360 e. The zero-order valence-corrected chi connectivity index (χ0v) is 22.0. The number of benzene rings is 2. The lowest BCUT2D eigenvalue weighted by atomic mass is 10.1. The number of hydrogen-bond acceptors (Lipinski definition) is 7. The maximum absolute atomic E-state index is 13.6. The number of pyridine rings is 1. The Morgan fingerprint density at radius 1 is 1.14 bits per heavy atom. The molecule has 5 aromatic rings. The van der Waals surface area contributed by atoms with Crippen LogP contribution in [0, 0.1) is 0 Å². The highest BCUT2D eigenvalue weighted by atomic mass is 35.5. The maximum Gasteiger partial charge on any atom is 0.256 e. The van der Waals surface area contributed by atoms with Crippen LogP contribution in [-0.4, -0.2) is 48.0 Å². The molecular weight excluding hydrogens is 529 g/mol. The zero-order chi connectivity index (χ0) is 25.5. The fraction of sp³-hybridized carbons (Fsp3) is 0.192. The van der Waals surface area contributed by atoms with Crippen molar-refractivity contribution < 1.29 is 4.79 Å². The van der Waals surface area contributed by atoms with E-state index in [4.69, 9.17) is 23.2 Å². The topological polar surface area (TPSA) is 99.7 Å². The van der Waals surface area contributed by atoms with Crippen LogP contribution in [0.2, 0.25) is 10.0 Å². The normalized spacial score (nSPS) is 16.4. The van der Waals surface area contributed by atoms with Gasteiger partial charge in [0.15, 0.2) is 0 Å². The molecule has 4 heterocycles. The minimum absolute atomic E-state index is 0.0792. The van der Waals surface area contributed by atoms with Gasteiger partial charge in [-0.15, -0.1) is 11.8 Å². The van der Waals surface area contributed by atoms with E-state index in [2.05, 4.69) is 30.2 Å². The molecule has 8 nitrogen and oxygen atoms in total. The van der Waals surface area contributed by atoms with Gasteiger partial charge in [0.1, 0.15) is 23.3 Å². The Bertz CT molecular complexity index is 1630. The molecule has 1 aliphatic rings. The first kappa shape index (κ1) is 24.0. The second-order valence-electron chi connectivity index (χ2n) is 8.72. The number of aromatic nitrogens is 5. The molecule has 11 heteroatoms. The third kappa shape index (κ3) is 4.58. The number of imidazole rings is 1. The number of aromatic amines is 1. The Balaban J connectivity index is 1.29. The zero-order valence-electron chi connectivity index (χ0n) is 19.7. The van der Waals surface area contributed by atoms with Crippen molar-refractivity contribution in [3.63, 3.8) is 0 Å². The first-order chi connectivity index (χ1) is 18.0. The van der Waals surface area contributed by atoms with Gasteiger partial charge in [0.25, 0.3) is 5.91 Å². The van der Waals surface area contributed by atoms with Crippen molar-refractivity contribution in [3.05, 3.63) is 88.2 Å². The lowest BCUT2D eigenvalue weighted by molar-refractivity contribution is 0.0760. The molecule has 0 aliphatic carbocycles. The Labute approximate surface area is 226 Å². The van der Waals surface area contributed by atoms with Gasteiger partial charge in [-0.2, -0.15) is 0 Å². The Kier molecular flexibility index (Phi) is 6.36. The number of amides is 1. The number of thioether (sulfide) groups is 1. The molecule has 6 rings (SSSR count). The first-order valence-corrected chi connectivity index (χ1v) is 13.5. The summed E-state index contributed by atoms with van der Waals surface area (Å²) in [5, 5.41) is 5.02. The number of carbonyl (C=O) groups excluding carboxylic acids is 1. The number of anilines is 1. The van der Waals surface area contributed by atoms with E-state index in [1.807, 2.05) is 42.2 Å². The van der Waals surface area contributed by atoms with Crippen LogP contribution in [0.5, 0.6) is 0 Å². The summed E-state index contributed by atoms with van der Waals surface area (Å²) in [6.45, 7) is 2.62. The summed E-state index contributed by atoms with van der Waals surface area (Å²) in [6, 6.07) is 12.7. The number of halogens is 2. The number of H-pyrrole nitrogens is 1. The second-order valence-corrected chi connectivity index (χ2v) is 10.8. The molecule has 0 bridgehead atoms. The van der Waals surface area contributed by atoms with E-state index in [1.54, 1.807) is 36.3 Å². The number of hydrogen-bond donors (Lipinski definition) is 2. The second kappa shape index (κ2) is 9.81. The molecule has 1 saturated heterocycles. The van der Waals surface area contributed by atoms with Crippen LogP contribution < -0.4 is 5.32 Å². The molecule has 1 amide bonds. The third-order valence-electron chi connectivity index (χ3n) is 6.32. The summed E-state index contributed by atoms with van der Waals surface area (Å²) in [6.07, 6.45) is 4.96. The molecule has 2 aromatic carbocycles. The van der Waals surface area contributed by atoms with Crippen LogP contribution >= 0.6 is 35.0 Å². The summed E-state index contributed by atoms with van der Waals surface area (Å²) in [5.41, 5.74) is 3.78. The maximum atomic E-state index is 13.6. The predicted molar refractivity (Wildman–Crippen MR) is 148 cm³/mol. The van der Waals surface area contributed by atoms with Crippen molar-refractivity contribution in [2.75, 3.05) is 17.6 Å². The van der Waals surface area contributed by atoms with Crippen LogP contribution in [-0.2, 0) is 0 Å². The summed E-state index contributed by atoms with van der Waals surface area (Å²) in [4.78, 5) is 36.4. The summed E-state index contributed by atoms with van der Waals surface area (Å²) < 4.78 is 0. The molecule has 1 unspecified atom stereocenters. The van der Waals surface area contributed by atoms with Crippen LogP contribution in [0.4, 0.5) is 5.82 Å². The smallest absolute Gasteiger partial charge is 0.256 e. The van der Waals surface area contributed by atoms with Crippen LogP contribution in [0.3, 0.4) is 0 Å². The highest BCUT2D eigenvalue weighted by molar-refractivity contribution is 7.99. The number of nitrogens with one attached hydrogen (secondary N) is 2. The largest absolute Gasteiger partial charge is 0.360 e. The standard InChI is InChI=1S/C26H21Cl2N7OS/c1-14(23-33-20-3-2-16(27)10-22(20)34-23)32-24-18-11-19(28)17(12-21(18)30-13-31-24)25(36)35-8-9-37-26(35)15-4-6-29-7-5-15/h2-7,10-14,26H,8-9H2,1H3,(H,33,34)(H,30,31,32)/t14-,26?/m0/s1. The Hall–Kier alpha value is -3.40. The van der Waals surface area contributed by atoms with E-state index >= 15 is 0 Å². The van der Waals surface area contributed by atoms with Gasteiger partial charge in [0.2, 0.25) is 0 Å². The minimum atomic E-state index is -0.188. The first-order valence-electron chi connectivity index (χ1n) is 11.7. The van der Waals surface area contributed by atoms with Crippen molar-refractivity contribution in [2.45, 2.75) is 18.3 Å². The molecule has 3 aromatic heterocycles. The lowest BCUT2D eigenvalue weighted by Crippen LogP contribution is -2.30. The fourth-order valence-corrected chi connectivity index (χ4v) is 6.14. The average Bonchev–Trinajstić information content (AvgIpc) is 3.56. The third-order valence-corrected chi connectivity index (χ3v) is 8.13. The fourth-order valence-electron chi connectivity index (χ4n) is 4.47. The monoisotopic (exact) mass is 549 g/mol. The molecule has 1 aliphatic heterocycles. The van der Waals surface area contributed by atoms with Crippen molar-refractivity contribution in [1.82, 2.24) is 29.8 Å². The highest BCUT2D eigenvalue weighted by Crippen LogP contribution is 2.39. The number of nitrogens with zero attached hydrogens (tertiary/aromatic N) is 5. The van der Waals surface area contributed by atoms with E-state index in [0.29, 0.717) is 33.5 Å². The van der Waals surface area contributed by atoms with Crippen LogP contribution in [0.1, 0.15) is 40.1 Å². The van der Waals surface area contributed by atoms with Gasteiger partial charge in [-0.25, -0.2) is 15.0 Å². The van der Waals surface area contributed by atoms with E-state index in [9.17, 15) is 4.79 Å². The van der Waals surface area contributed by atoms with Gasteiger partial charge >= 0.3 is 0 Å². The molecule has 2 atom stereocenters. The van der Waals surface area contributed by atoms with Gasteiger partial charge in [-0.1, -0.05) is 23.2 Å². The SMILES string of the molecule is C[C@H](Nc1ncnc2cc(C(=O)N3CCSC3c3ccncc3)c(Cl)cc12)c1nc2cc(Cl)ccc2[nH]1. The number of fused-ring (bicyclic) bond motifs is 2. The number of carbonyl (C=O) groups is 1. The van der Waals surface area contributed by atoms with Crippen LogP contribution in [0.25, 0.3) is 21.9 Å². The van der Waals surface area contributed by atoms with Crippen molar-refractivity contribution in [1.29, 1.82) is 0 Å². The quantitative estimate of drug-likeness (QED) is 0.266. The summed E-state index contributed by atoms with van der Waals surface area (Å²) >= 11 is 14.5. The van der Waals surface area contributed by atoms with E-state index in [0.717, 1.165) is 33.6 Å². The molecule has 1 fully saturated rings. The molecule has 0 radical (unpaired) electrons. The van der Waals surface area contributed by atoms with Gasteiger partial charge in [0, 0.05) is 35.1 Å². The van der Waals surface area contributed by atoms with Crippen molar-refractivity contribution >= 4 is 68.6 Å². The molecule has 0 saturated carbocycles. The Morgan fingerprint density at radius 2 is 1.97 bits per heavy atom. The summed E-state index contributed by atoms with van der Waals surface area (Å²) in [5.74, 6) is 2.08. The highest BCUT2D eigenvalue weighted by Gasteiger charge is 2.32. The van der Waals surface area contributed by atoms with Gasteiger partial charge in [-0.05, 0) is 55.0 Å². The van der Waals surface area contributed by atoms with Gasteiger partial charge in [0.05, 0.1) is 33.2 Å². The number of rotatable bonds is 5. The van der Waals surface area contributed by atoms with E-state index in [1.165, 1.54) is 6.33 Å². The molecule has 0 spiro atoms. The van der Waals surface area contributed by atoms with Gasteiger partial charge in [-0.3, -0.25) is 9.78 Å².